The van der Waals surface area contributed by atoms with Crippen molar-refractivity contribution in [2.45, 2.75) is 57.5 Å². The van der Waals surface area contributed by atoms with E-state index in [9.17, 15) is 23.1 Å². The van der Waals surface area contributed by atoms with Crippen LogP contribution in [0.1, 0.15) is 62.6 Å². The third-order valence-corrected chi connectivity index (χ3v) is 9.40. The van der Waals surface area contributed by atoms with Crippen LogP contribution in [0, 0.1) is 11.3 Å². The summed E-state index contributed by atoms with van der Waals surface area (Å²) in [6, 6.07) is 13.8. The number of benzene rings is 2. The monoisotopic (exact) mass is 566 g/mol. The summed E-state index contributed by atoms with van der Waals surface area (Å²) in [5.74, 6) is -1.56. The van der Waals surface area contributed by atoms with Gasteiger partial charge in [0.05, 0.1) is 23.6 Å². The molecule has 7 nitrogen and oxygen atoms in total. The predicted octanol–water partition coefficient (Wildman–Crippen LogP) is 5.25. The molecule has 10 heteroatoms. The lowest BCUT2D eigenvalue weighted by atomic mass is 9.67. The van der Waals surface area contributed by atoms with Crippen molar-refractivity contribution in [2.24, 2.45) is 11.3 Å². The van der Waals surface area contributed by atoms with E-state index in [-0.39, 0.29) is 36.5 Å². The number of likely N-dealkylation sites (tertiary alicyclic amines) is 1. The van der Waals surface area contributed by atoms with Crippen molar-refractivity contribution in [1.29, 1.82) is 0 Å². The summed E-state index contributed by atoms with van der Waals surface area (Å²) in [7, 11) is -3.50. The van der Waals surface area contributed by atoms with Gasteiger partial charge < -0.3 is 10.0 Å². The maximum atomic E-state index is 14.3. The van der Waals surface area contributed by atoms with Crippen LogP contribution in [-0.4, -0.2) is 48.6 Å². The summed E-state index contributed by atoms with van der Waals surface area (Å²) in [4.78, 5) is 28.0. The van der Waals surface area contributed by atoms with E-state index in [1.807, 2.05) is 30.3 Å². The number of hydrogen-bond donors (Lipinski definition) is 2. The van der Waals surface area contributed by atoms with Crippen LogP contribution in [0.5, 0.6) is 0 Å². The standard InChI is InChI=1S/C27H32Cl2N2O5S/c1-3-37(35,36)30-16-23(17-7-8-17)31-25(18-9-11-20(28)12-10-18)22(19-5-4-6-21(29)13-19)14-27(2,26(31)34)15-24(32)33/h4-6,9-13,17,22-23,25,30H,3,7-8,14-16H2,1-2H3,(H,32,33)/t22-,23-,25-,27+/m1/s1. The number of amides is 1. The molecule has 1 heterocycles. The van der Waals surface area contributed by atoms with E-state index in [0.717, 1.165) is 24.0 Å². The first-order chi connectivity index (χ1) is 17.4. The van der Waals surface area contributed by atoms with Crippen molar-refractivity contribution in [3.05, 3.63) is 69.7 Å². The van der Waals surface area contributed by atoms with Gasteiger partial charge in [-0.05, 0) is 67.5 Å². The maximum Gasteiger partial charge on any atom is 0.304 e. The molecule has 0 unspecified atom stereocenters. The molecular weight excluding hydrogens is 535 g/mol. The second kappa shape index (κ2) is 10.9. The van der Waals surface area contributed by atoms with Crippen LogP contribution in [-0.2, 0) is 19.6 Å². The highest BCUT2D eigenvalue weighted by Crippen LogP contribution is 2.53. The van der Waals surface area contributed by atoms with Gasteiger partial charge in [-0.2, -0.15) is 0 Å². The summed E-state index contributed by atoms with van der Waals surface area (Å²) in [5.41, 5.74) is 0.563. The normalized spacial score (nSPS) is 25.2. The van der Waals surface area contributed by atoms with Crippen LogP contribution in [0.3, 0.4) is 0 Å². The van der Waals surface area contributed by atoms with Gasteiger partial charge >= 0.3 is 5.97 Å². The molecule has 37 heavy (non-hydrogen) atoms. The summed E-state index contributed by atoms with van der Waals surface area (Å²) < 4.78 is 27.4. The van der Waals surface area contributed by atoms with Crippen LogP contribution in [0.2, 0.25) is 10.0 Å². The molecular formula is C27H32Cl2N2O5S. The Kier molecular flexibility index (Phi) is 8.24. The van der Waals surface area contributed by atoms with E-state index in [2.05, 4.69) is 4.72 Å². The fourth-order valence-corrected chi connectivity index (χ4v) is 6.49. The Morgan fingerprint density at radius 3 is 2.38 bits per heavy atom. The fraction of sp³-hybridized carbons (Fsp3) is 0.481. The molecule has 0 aromatic heterocycles. The molecule has 2 aliphatic rings. The number of nitrogens with zero attached hydrogens (tertiary/aromatic N) is 1. The number of carbonyl (C=O) groups is 2. The van der Waals surface area contributed by atoms with Gasteiger partial charge in [-0.15, -0.1) is 0 Å². The third kappa shape index (κ3) is 6.30. The number of rotatable bonds is 10. The number of carbonyl (C=O) groups excluding carboxylic acids is 1. The van der Waals surface area contributed by atoms with Crippen LogP contribution < -0.4 is 4.72 Å². The van der Waals surface area contributed by atoms with E-state index in [1.165, 1.54) is 0 Å². The first kappa shape index (κ1) is 27.9. The second-order valence-corrected chi connectivity index (χ2v) is 13.3. The van der Waals surface area contributed by atoms with Gasteiger partial charge in [-0.25, -0.2) is 13.1 Å². The van der Waals surface area contributed by atoms with Crippen LogP contribution in [0.4, 0.5) is 0 Å². The van der Waals surface area contributed by atoms with E-state index in [4.69, 9.17) is 23.2 Å². The molecule has 2 aromatic rings. The van der Waals surface area contributed by atoms with Crippen LogP contribution in [0.25, 0.3) is 0 Å². The Morgan fingerprint density at radius 2 is 1.81 bits per heavy atom. The number of piperidine rings is 1. The highest BCUT2D eigenvalue weighted by atomic mass is 35.5. The zero-order chi connectivity index (χ0) is 27.0. The van der Waals surface area contributed by atoms with Crippen LogP contribution in [0.15, 0.2) is 48.5 Å². The molecule has 0 radical (unpaired) electrons. The molecule has 1 saturated heterocycles. The van der Waals surface area contributed by atoms with Gasteiger partial charge in [0.1, 0.15) is 0 Å². The lowest BCUT2D eigenvalue weighted by Gasteiger charge is -2.52. The molecule has 1 aliphatic carbocycles. The third-order valence-electron chi connectivity index (χ3n) is 7.55. The molecule has 2 N–H and O–H groups in total. The van der Waals surface area contributed by atoms with Crippen molar-refractivity contribution in [2.75, 3.05) is 12.3 Å². The minimum atomic E-state index is -3.50. The zero-order valence-corrected chi connectivity index (χ0v) is 23.2. The maximum absolute atomic E-state index is 14.3. The highest BCUT2D eigenvalue weighted by Gasteiger charge is 2.54. The molecule has 1 amide bonds. The molecule has 2 aromatic carbocycles. The number of aliphatic carboxylic acids is 1. The Bertz CT molecular complexity index is 1270. The van der Waals surface area contributed by atoms with Crippen molar-refractivity contribution in [3.63, 3.8) is 0 Å². The molecule has 1 saturated carbocycles. The average molecular weight is 568 g/mol. The molecule has 2 fully saturated rings. The fourth-order valence-electron chi connectivity index (χ4n) is 5.53. The minimum absolute atomic E-state index is 0.0686. The lowest BCUT2D eigenvalue weighted by molar-refractivity contribution is -0.161. The molecule has 0 bridgehead atoms. The number of hydrogen-bond acceptors (Lipinski definition) is 4. The summed E-state index contributed by atoms with van der Waals surface area (Å²) in [6.45, 7) is 3.34. The molecule has 0 spiro atoms. The molecule has 4 atom stereocenters. The Labute approximate surface area is 228 Å². The predicted molar refractivity (Wildman–Crippen MR) is 144 cm³/mol. The van der Waals surface area contributed by atoms with Gasteiger partial charge in [0.15, 0.2) is 0 Å². The Hall–Kier alpha value is -2.13. The summed E-state index contributed by atoms with van der Waals surface area (Å²) >= 11 is 12.6. The van der Waals surface area contributed by atoms with Gasteiger partial charge in [0, 0.05) is 28.5 Å². The minimum Gasteiger partial charge on any atom is -0.481 e. The first-order valence-corrected chi connectivity index (χ1v) is 14.9. The number of carboxylic acids is 1. The van der Waals surface area contributed by atoms with Gasteiger partial charge in [-0.3, -0.25) is 9.59 Å². The van der Waals surface area contributed by atoms with E-state index in [0.29, 0.717) is 16.5 Å². The zero-order valence-electron chi connectivity index (χ0n) is 20.9. The lowest BCUT2D eigenvalue weighted by Crippen LogP contribution is -2.59. The largest absolute Gasteiger partial charge is 0.481 e. The van der Waals surface area contributed by atoms with Gasteiger partial charge in [0.25, 0.3) is 0 Å². The van der Waals surface area contributed by atoms with Crippen LogP contribution >= 0.6 is 23.2 Å². The Morgan fingerprint density at radius 1 is 1.14 bits per heavy atom. The molecule has 4 rings (SSSR count). The summed E-state index contributed by atoms with van der Waals surface area (Å²) in [6.07, 6.45) is 1.71. The number of sulfonamides is 1. The molecule has 200 valence electrons. The van der Waals surface area contributed by atoms with E-state index < -0.39 is 33.5 Å². The molecule has 1 aliphatic heterocycles. The van der Waals surface area contributed by atoms with E-state index >= 15 is 0 Å². The van der Waals surface area contributed by atoms with Crippen molar-refractivity contribution in [1.82, 2.24) is 9.62 Å². The first-order valence-electron chi connectivity index (χ1n) is 12.5. The van der Waals surface area contributed by atoms with Gasteiger partial charge in [0.2, 0.25) is 15.9 Å². The quantitative estimate of drug-likeness (QED) is 0.408. The van der Waals surface area contributed by atoms with E-state index in [1.54, 1.807) is 36.9 Å². The topological polar surface area (TPSA) is 104 Å². The van der Waals surface area contributed by atoms with Crippen molar-refractivity contribution < 1.29 is 23.1 Å². The Balaban J connectivity index is 1.88. The number of carboxylic acid groups (broad SMARTS) is 1. The van der Waals surface area contributed by atoms with Gasteiger partial charge in [-0.1, -0.05) is 54.4 Å². The highest BCUT2D eigenvalue weighted by molar-refractivity contribution is 7.89. The number of nitrogens with one attached hydrogen (secondary N) is 1. The SMILES string of the molecule is CCS(=O)(=O)NC[C@H](C1CC1)N1C(=O)[C@](C)(CC(=O)O)C[C@H](c2cccc(Cl)c2)[C@H]1c1ccc(Cl)cc1. The summed E-state index contributed by atoms with van der Waals surface area (Å²) in [5, 5.41) is 10.9. The second-order valence-electron chi connectivity index (χ2n) is 10.4. The number of halogens is 2. The average Bonchev–Trinajstić information content (AvgIpc) is 3.67. The van der Waals surface area contributed by atoms with Crippen molar-refractivity contribution in [3.8, 4) is 0 Å². The smallest absolute Gasteiger partial charge is 0.304 e. The van der Waals surface area contributed by atoms with Crippen molar-refractivity contribution >= 4 is 45.1 Å².